The molecule has 11 heteroatoms. The molecule has 1 atom stereocenters. The third-order valence-corrected chi connectivity index (χ3v) is 5.54. The number of nitrogens with zero attached hydrogens (tertiary/aromatic N) is 2. The molecule has 0 radical (unpaired) electrons. The Labute approximate surface area is 178 Å². The van der Waals surface area contributed by atoms with Gasteiger partial charge in [-0.2, -0.15) is 0 Å². The number of fused-ring (bicyclic) bond motifs is 1. The van der Waals surface area contributed by atoms with E-state index in [1.807, 2.05) is 0 Å². The quantitative estimate of drug-likeness (QED) is 0.526. The molecule has 5 N–H and O–H groups in total. The number of nitrogen functional groups attached to an aromatic ring is 1. The Balaban J connectivity index is 2.14. The Morgan fingerprint density at radius 3 is 2.52 bits per heavy atom. The number of carboxylic acid groups (broad SMARTS) is 1. The van der Waals surface area contributed by atoms with Crippen LogP contribution in [0.3, 0.4) is 0 Å². The van der Waals surface area contributed by atoms with Gasteiger partial charge in [0.05, 0.1) is 33.0 Å². The molecule has 0 amide bonds. The summed E-state index contributed by atoms with van der Waals surface area (Å²) >= 11 is 6.25. The molecule has 2 heterocycles. The number of nitrogens with two attached hydrogens (primary N) is 2. The summed E-state index contributed by atoms with van der Waals surface area (Å²) in [6, 6.07) is 2.30. The fourth-order valence-corrected chi connectivity index (χ4v) is 4.08. The summed E-state index contributed by atoms with van der Waals surface area (Å²) in [6.07, 6.45) is 1.36. The van der Waals surface area contributed by atoms with Crippen molar-refractivity contribution in [1.29, 1.82) is 0 Å². The van der Waals surface area contributed by atoms with Crippen molar-refractivity contribution in [1.82, 2.24) is 4.57 Å². The average molecular weight is 453 g/mol. The summed E-state index contributed by atoms with van der Waals surface area (Å²) in [4.78, 5) is 25.9. The van der Waals surface area contributed by atoms with Crippen molar-refractivity contribution in [3.8, 4) is 5.69 Å². The number of aromatic carboxylic acids is 1. The van der Waals surface area contributed by atoms with Gasteiger partial charge < -0.3 is 26.0 Å². The van der Waals surface area contributed by atoms with E-state index in [1.54, 1.807) is 4.90 Å². The lowest BCUT2D eigenvalue weighted by atomic mass is 10.1. The number of anilines is 2. The number of aromatic nitrogens is 1. The third kappa shape index (κ3) is 3.37. The molecule has 4 rings (SSSR count). The van der Waals surface area contributed by atoms with Crippen LogP contribution in [-0.2, 0) is 0 Å². The molecule has 7 nitrogen and oxygen atoms in total. The maximum Gasteiger partial charge on any atom is 0.341 e. The average Bonchev–Trinajstić information content (AvgIpc) is 3.11. The molecular weight excluding hydrogens is 437 g/mol. The number of hydrogen-bond donors (Lipinski definition) is 3. The van der Waals surface area contributed by atoms with E-state index in [0.717, 1.165) is 22.9 Å². The van der Waals surface area contributed by atoms with Crippen LogP contribution >= 0.6 is 11.6 Å². The van der Waals surface area contributed by atoms with Crippen molar-refractivity contribution in [2.24, 2.45) is 5.73 Å². The van der Waals surface area contributed by atoms with Crippen LogP contribution in [0.2, 0.25) is 5.02 Å². The van der Waals surface area contributed by atoms with Gasteiger partial charge in [-0.05, 0) is 18.6 Å². The van der Waals surface area contributed by atoms with Gasteiger partial charge in [0, 0.05) is 31.4 Å². The highest BCUT2D eigenvalue weighted by molar-refractivity contribution is 6.34. The Morgan fingerprint density at radius 1 is 1.19 bits per heavy atom. The lowest BCUT2D eigenvalue weighted by molar-refractivity contribution is 0.0695. The van der Waals surface area contributed by atoms with Gasteiger partial charge in [-0.1, -0.05) is 11.6 Å². The van der Waals surface area contributed by atoms with Gasteiger partial charge in [-0.15, -0.1) is 0 Å². The van der Waals surface area contributed by atoms with Gasteiger partial charge in [0.25, 0.3) is 0 Å². The predicted octanol–water partition coefficient (Wildman–Crippen LogP) is 2.88. The number of carbonyl (C=O) groups is 1. The second kappa shape index (κ2) is 7.47. The minimum Gasteiger partial charge on any atom is -0.477 e. The molecule has 1 saturated heterocycles. The van der Waals surface area contributed by atoms with E-state index < -0.39 is 51.3 Å². The maximum absolute atomic E-state index is 15.8. The van der Waals surface area contributed by atoms with Crippen molar-refractivity contribution in [2.45, 2.75) is 12.5 Å². The lowest BCUT2D eigenvalue weighted by Crippen LogP contribution is -2.28. The van der Waals surface area contributed by atoms with Crippen molar-refractivity contribution < 1.29 is 23.1 Å². The van der Waals surface area contributed by atoms with Crippen LogP contribution < -0.4 is 21.8 Å². The molecule has 162 valence electrons. The van der Waals surface area contributed by atoms with Crippen LogP contribution in [0.5, 0.6) is 0 Å². The standard InChI is InChI=1S/C20H16ClF3N4O3/c21-11-3-9-17(16(24)18(11)27-2-1-8(25)6-27)28(7-10(19(9)29)20(30)31)15-5-14(26)12(22)4-13(15)23/h3-5,7-8H,1-2,6,25-26H2,(H,30,31)/t8-/m0/s1. The Kier molecular flexibility index (Phi) is 5.06. The molecule has 1 aliphatic heterocycles. The van der Waals surface area contributed by atoms with Crippen molar-refractivity contribution in [3.63, 3.8) is 0 Å². The first-order valence-corrected chi connectivity index (χ1v) is 9.54. The Hall–Kier alpha value is -3.24. The first-order chi connectivity index (χ1) is 14.6. The number of carboxylic acids is 1. The Morgan fingerprint density at radius 2 is 1.90 bits per heavy atom. The Bertz CT molecular complexity index is 1310. The molecule has 31 heavy (non-hydrogen) atoms. The van der Waals surface area contributed by atoms with Crippen LogP contribution in [0, 0.1) is 17.5 Å². The van der Waals surface area contributed by atoms with E-state index in [9.17, 15) is 23.5 Å². The fourth-order valence-electron chi connectivity index (χ4n) is 3.77. The third-order valence-electron chi connectivity index (χ3n) is 5.25. The predicted molar refractivity (Wildman–Crippen MR) is 111 cm³/mol. The minimum absolute atomic E-state index is 0.0474. The second-order valence-corrected chi connectivity index (χ2v) is 7.69. The SMILES string of the molecule is Nc1cc(-n2cc(C(=O)O)c(=O)c3cc(Cl)c(N4CC[C@H](N)C4)c(F)c32)c(F)cc1F. The zero-order valence-corrected chi connectivity index (χ0v) is 16.6. The van der Waals surface area contributed by atoms with Gasteiger partial charge >= 0.3 is 5.97 Å². The highest BCUT2D eigenvalue weighted by Crippen LogP contribution is 2.37. The summed E-state index contributed by atoms with van der Waals surface area (Å²) in [5.74, 6) is -4.75. The number of benzene rings is 2. The molecule has 2 aromatic carbocycles. The fraction of sp³-hybridized carbons (Fsp3) is 0.200. The molecular formula is C20H16ClF3N4O3. The van der Waals surface area contributed by atoms with Crippen LogP contribution in [-0.4, -0.2) is 34.8 Å². The highest BCUT2D eigenvalue weighted by Gasteiger charge is 2.28. The second-order valence-electron chi connectivity index (χ2n) is 7.28. The number of hydrogen-bond acceptors (Lipinski definition) is 5. The molecule has 0 bridgehead atoms. The summed E-state index contributed by atoms with van der Waals surface area (Å²) < 4.78 is 44.9. The zero-order chi connectivity index (χ0) is 22.6. The normalized spacial score (nSPS) is 16.3. The minimum atomic E-state index is -1.61. The van der Waals surface area contributed by atoms with Crippen molar-refractivity contribution in [3.05, 3.63) is 62.7 Å². The summed E-state index contributed by atoms with van der Waals surface area (Å²) in [5, 5.41) is 8.92. The van der Waals surface area contributed by atoms with Gasteiger partial charge in [0.1, 0.15) is 17.2 Å². The van der Waals surface area contributed by atoms with Gasteiger partial charge in [-0.25, -0.2) is 18.0 Å². The molecule has 1 aliphatic rings. The van der Waals surface area contributed by atoms with E-state index in [0.29, 0.717) is 25.6 Å². The molecule has 0 unspecified atom stereocenters. The van der Waals surface area contributed by atoms with E-state index in [-0.39, 0.29) is 22.1 Å². The lowest BCUT2D eigenvalue weighted by Gasteiger charge is -2.23. The van der Waals surface area contributed by atoms with E-state index in [4.69, 9.17) is 23.1 Å². The van der Waals surface area contributed by atoms with Crippen molar-refractivity contribution in [2.75, 3.05) is 23.7 Å². The zero-order valence-electron chi connectivity index (χ0n) is 15.8. The topological polar surface area (TPSA) is 115 Å². The van der Waals surface area contributed by atoms with Crippen molar-refractivity contribution >= 4 is 39.8 Å². The number of rotatable bonds is 3. The monoisotopic (exact) mass is 452 g/mol. The molecule has 1 fully saturated rings. The summed E-state index contributed by atoms with van der Waals surface area (Å²) in [5.41, 5.74) is 8.34. The van der Waals surface area contributed by atoms with Crippen LogP contribution in [0.1, 0.15) is 16.8 Å². The number of pyridine rings is 1. The molecule has 0 saturated carbocycles. The van der Waals surface area contributed by atoms with Crippen LogP contribution in [0.4, 0.5) is 24.5 Å². The summed E-state index contributed by atoms with van der Waals surface area (Å²) in [6.45, 7) is 0.704. The maximum atomic E-state index is 15.8. The van der Waals surface area contributed by atoms with Gasteiger partial charge in [0.15, 0.2) is 5.82 Å². The molecule has 0 spiro atoms. The molecule has 3 aromatic rings. The van der Waals surface area contributed by atoms with Crippen LogP contribution in [0.25, 0.3) is 16.6 Å². The highest BCUT2D eigenvalue weighted by atomic mass is 35.5. The number of halogens is 4. The smallest absolute Gasteiger partial charge is 0.341 e. The molecule has 1 aromatic heterocycles. The largest absolute Gasteiger partial charge is 0.477 e. The van der Waals surface area contributed by atoms with E-state index in [2.05, 4.69) is 0 Å². The van der Waals surface area contributed by atoms with E-state index >= 15 is 4.39 Å². The van der Waals surface area contributed by atoms with E-state index in [1.165, 1.54) is 0 Å². The van der Waals surface area contributed by atoms with Gasteiger partial charge in [-0.3, -0.25) is 4.79 Å². The molecule has 0 aliphatic carbocycles. The first kappa shape index (κ1) is 21.0. The first-order valence-electron chi connectivity index (χ1n) is 9.16. The van der Waals surface area contributed by atoms with Crippen LogP contribution in [0.15, 0.2) is 29.2 Å². The van der Waals surface area contributed by atoms with Gasteiger partial charge in [0.2, 0.25) is 5.43 Å². The summed E-state index contributed by atoms with van der Waals surface area (Å²) in [7, 11) is 0.